The van der Waals surface area contributed by atoms with E-state index in [2.05, 4.69) is 69.2 Å². The third kappa shape index (κ3) is 5.80. The fraction of sp³-hybridized carbons (Fsp3) is 0.400. The summed E-state index contributed by atoms with van der Waals surface area (Å²) in [5, 5.41) is 5.89. The lowest BCUT2D eigenvalue weighted by Crippen LogP contribution is -2.38. The molecule has 0 spiro atoms. The minimum atomic E-state index is -0.182. The van der Waals surface area contributed by atoms with Gasteiger partial charge in [-0.25, -0.2) is 4.98 Å². The lowest BCUT2D eigenvalue weighted by Gasteiger charge is -2.32. The van der Waals surface area contributed by atoms with E-state index in [1.807, 2.05) is 19.0 Å². The van der Waals surface area contributed by atoms with Gasteiger partial charge in [-0.15, -0.1) is 0 Å². The Hall–Kier alpha value is -3.13. The topological polar surface area (TPSA) is 62.6 Å². The Morgan fingerprint density at radius 3 is 2.61 bits per heavy atom. The van der Waals surface area contributed by atoms with Crippen LogP contribution in [0.3, 0.4) is 0 Å². The number of carbonyl (C=O) groups excluding carboxylic acids is 1. The molecule has 0 bridgehead atoms. The van der Waals surface area contributed by atoms with E-state index in [4.69, 9.17) is 16.3 Å². The Morgan fingerprint density at radius 2 is 1.87 bits per heavy atom. The highest BCUT2D eigenvalue weighted by atomic mass is 35.5. The first kappa shape index (κ1) is 26.5. The number of nitrogens with one attached hydrogen (secondary N) is 1. The number of likely N-dealkylation sites (N-methyl/N-ethyl adjacent to an activating group) is 1. The molecule has 38 heavy (non-hydrogen) atoms. The summed E-state index contributed by atoms with van der Waals surface area (Å²) in [4.78, 5) is 21.2. The van der Waals surface area contributed by atoms with Gasteiger partial charge in [0.05, 0.1) is 5.56 Å². The summed E-state index contributed by atoms with van der Waals surface area (Å²) in [6, 6.07) is 17.2. The van der Waals surface area contributed by atoms with Crippen LogP contribution in [0.4, 0.5) is 0 Å². The van der Waals surface area contributed by atoms with Crippen LogP contribution in [0.15, 0.2) is 54.7 Å². The number of hydrogen-bond donors (Lipinski definition) is 1. The SMILES string of the molecule is CCn1c2ccccc2c2cc(CN3CCC(Oc4ncc(C(=O)NCCN(C)C)cc4Cl)CC3)ccc21. The number of benzene rings is 2. The Labute approximate surface area is 229 Å². The zero-order chi connectivity index (χ0) is 26.6. The predicted molar refractivity (Wildman–Crippen MR) is 154 cm³/mol. The van der Waals surface area contributed by atoms with E-state index in [1.54, 1.807) is 6.07 Å². The Bertz CT molecular complexity index is 1430. The van der Waals surface area contributed by atoms with Crippen molar-refractivity contribution in [2.24, 2.45) is 0 Å². The summed E-state index contributed by atoms with van der Waals surface area (Å²) in [6.07, 6.45) is 3.40. The van der Waals surface area contributed by atoms with Crippen molar-refractivity contribution in [1.82, 2.24) is 24.7 Å². The van der Waals surface area contributed by atoms with Gasteiger partial charge >= 0.3 is 0 Å². The highest BCUT2D eigenvalue weighted by molar-refractivity contribution is 6.32. The fourth-order valence-corrected chi connectivity index (χ4v) is 5.48. The molecule has 1 aliphatic heterocycles. The molecule has 1 fully saturated rings. The lowest BCUT2D eigenvalue weighted by atomic mass is 10.1. The molecular weight excluding hydrogens is 498 g/mol. The quantitative estimate of drug-likeness (QED) is 0.320. The van der Waals surface area contributed by atoms with E-state index in [0.29, 0.717) is 23.0 Å². The van der Waals surface area contributed by atoms with Gasteiger partial charge in [-0.3, -0.25) is 9.69 Å². The summed E-state index contributed by atoms with van der Waals surface area (Å²) in [5.74, 6) is 0.214. The standard InChI is InChI=1S/C30H36ClN5O2/c1-4-36-27-8-6-5-7-24(27)25-17-21(9-10-28(25)36)20-35-14-11-23(12-15-35)38-30-26(31)18-22(19-33-30)29(37)32-13-16-34(2)3/h5-10,17-19,23H,4,11-16,20H2,1-3H3,(H,32,37). The van der Waals surface area contributed by atoms with Gasteiger partial charge in [-0.1, -0.05) is 35.9 Å². The fourth-order valence-electron chi connectivity index (χ4n) is 5.27. The van der Waals surface area contributed by atoms with Gasteiger partial charge in [0.15, 0.2) is 0 Å². The van der Waals surface area contributed by atoms with Gasteiger partial charge in [-0.05, 0) is 63.7 Å². The molecule has 1 amide bonds. The number of piperidine rings is 1. The number of aromatic nitrogens is 2. The molecule has 200 valence electrons. The average Bonchev–Trinajstić information content (AvgIpc) is 3.23. The Kier molecular flexibility index (Phi) is 8.17. The van der Waals surface area contributed by atoms with Crippen LogP contribution in [-0.4, -0.2) is 71.6 Å². The number of aryl methyl sites for hydroxylation is 1. The number of ether oxygens (including phenoxy) is 1. The van der Waals surface area contributed by atoms with Crippen molar-refractivity contribution in [3.05, 3.63) is 70.9 Å². The van der Waals surface area contributed by atoms with Crippen molar-refractivity contribution in [2.75, 3.05) is 40.3 Å². The second-order valence-corrected chi connectivity index (χ2v) is 10.7. The van der Waals surface area contributed by atoms with Crippen LogP contribution >= 0.6 is 11.6 Å². The number of hydrogen-bond acceptors (Lipinski definition) is 5. The Morgan fingerprint density at radius 1 is 1.11 bits per heavy atom. The minimum absolute atomic E-state index is 0.0565. The van der Waals surface area contributed by atoms with Crippen LogP contribution in [0.2, 0.25) is 5.02 Å². The van der Waals surface area contributed by atoms with E-state index < -0.39 is 0 Å². The molecule has 4 aromatic rings. The number of nitrogens with zero attached hydrogens (tertiary/aromatic N) is 4. The normalized spacial score (nSPS) is 15.0. The molecule has 2 aromatic carbocycles. The van der Waals surface area contributed by atoms with Crippen molar-refractivity contribution < 1.29 is 9.53 Å². The summed E-state index contributed by atoms with van der Waals surface area (Å²) in [7, 11) is 3.93. The number of fused-ring (bicyclic) bond motifs is 3. The van der Waals surface area contributed by atoms with Crippen LogP contribution in [0.1, 0.15) is 35.7 Å². The summed E-state index contributed by atoms with van der Waals surface area (Å²) < 4.78 is 8.53. The highest BCUT2D eigenvalue weighted by Crippen LogP contribution is 2.31. The maximum atomic E-state index is 12.3. The van der Waals surface area contributed by atoms with E-state index in [-0.39, 0.29) is 12.0 Å². The molecule has 0 radical (unpaired) electrons. The number of para-hydroxylation sites is 1. The molecule has 1 saturated heterocycles. The molecule has 0 aliphatic carbocycles. The van der Waals surface area contributed by atoms with E-state index in [0.717, 1.165) is 45.6 Å². The second kappa shape index (κ2) is 11.7. The van der Waals surface area contributed by atoms with Gasteiger partial charge in [-0.2, -0.15) is 0 Å². The molecule has 1 N–H and O–H groups in total. The van der Waals surface area contributed by atoms with Crippen LogP contribution < -0.4 is 10.1 Å². The van der Waals surface area contributed by atoms with Crippen molar-refractivity contribution >= 4 is 39.3 Å². The number of halogens is 1. The zero-order valence-electron chi connectivity index (χ0n) is 22.4. The first-order valence-corrected chi connectivity index (χ1v) is 13.8. The third-order valence-corrected chi connectivity index (χ3v) is 7.56. The summed E-state index contributed by atoms with van der Waals surface area (Å²) in [5.41, 5.74) is 4.37. The van der Waals surface area contributed by atoms with Crippen LogP contribution in [0, 0.1) is 0 Å². The van der Waals surface area contributed by atoms with Gasteiger partial charge < -0.3 is 19.5 Å². The van der Waals surface area contributed by atoms with Crippen LogP contribution in [0.5, 0.6) is 5.88 Å². The number of amides is 1. The molecular formula is C30H36ClN5O2. The van der Waals surface area contributed by atoms with E-state index in [1.165, 1.54) is 33.6 Å². The molecule has 2 aromatic heterocycles. The zero-order valence-corrected chi connectivity index (χ0v) is 23.2. The number of likely N-dealkylation sites (tertiary alicyclic amines) is 1. The van der Waals surface area contributed by atoms with Crippen LogP contribution in [0.25, 0.3) is 21.8 Å². The van der Waals surface area contributed by atoms with Gasteiger partial charge in [0.25, 0.3) is 5.91 Å². The molecule has 0 unspecified atom stereocenters. The van der Waals surface area contributed by atoms with Gasteiger partial charge in [0.1, 0.15) is 11.1 Å². The largest absolute Gasteiger partial charge is 0.473 e. The second-order valence-electron chi connectivity index (χ2n) is 10.3. The predicted octanol–water partition coefficient (Wildman–Crippen LogP) is 5.20. The van der Waals surface area contributed by atoms with Crippen molar-refractivity contribution in [3.63, 3.8) is 0 Å². The van der Waals surface area contributed by atoms with Gasteiger partial charge in [0.2, 0.25) is 5.88 Å². The van der Waals surface area contributed by atoms with Crippen molar-refractivity contribution in [1.29, 1.82) is 0 Å². The minimum Gasteiger partial charge on any atom is -0.473 e. The Balaban J connectivity index is 1.17. The maximum Gasteiger partial charge on any atom is 0.252 e. The highest BCUT2D eigenvalue weighted by Gasteiger charge is 2.23. The number of carbonyl (C=O) groups is 1. The van der Waals surface area contributed by atoms with Crippen molar-refractivity contribution in [2.45, 2.75) is 39.0 Å². The smallest absolute Gasteiger partial charge is 0.252 e. The van der Waals surface area contributed by atoms with E-state index in [9.17, 15) is 4.79 Å². The number of pyridine rings is 1. The lowest BCUT2D eigenvalue weighted by molar-refractivity contribution is 0.0928. The summed E-state index contributed by atoms with van der Waals surface area (Å²) >= 11 is 6.43. The monoisotopic (exact) mass is 533 g/mol. The van der Waals surface area contributed by atoms with Crippen LogP contribution in [-0.2, 0) is 13.1 Å². The molecule has 3 heterocycles. The third-order valence-electron chi connectivity index (χ3n) is 7.29. The molecule has 8 heteroatoms. The number of rotatable bonds is 9. The molecule has 1 aliphatic rings. The molecule has 0 saturated carbocycles. The maximum absolute atomic E-state index is 12.3. The molecule has 7 nitrogen and oxygen atoms in total. The summed E-state index contributed by atoms with van der Waals surface area (Å²) in [6.45, 7) is 7.31. The first-order valence-electron chi connectivity index (χ1n) is 13.4. The first-order chi connectivity index (χ1) is 18.4. The van der Waals surface area contributed by atoms with Gasteiger partial charge in [0, 0.05) is 67.3 Å². The molecule has 0 atom stereocenters. The van der Waals surface area contributed by atoms with E-state index >= 15 is 0 Å². The average molecular weight is 534 g/mol. The van der Waals surface area contributed by atoms with Crippen molar-refractivity contribution in [3.8, 4) is 5.88 Å². The molecule has 5 rings (SSSR count).